The van der Waals surface area contributed by atoms with E-state index in [1.807, 2.05) is 63.5 Å². The van der Waals surface area contributed by atoms with Crippen LogP contribution in [0.4, 0.5) is 8.78 Å². The summed E-state index contributed by atoms with van der Waals surface area (Å²) in [5.74, 6) is 1.20. The molecule has 0 spiro atoms. The maximum absolute atomic E-state index is 13.8. The van der Waals surface area contributed by atoms with Crippen molar-refractivity contribution in [1.29, 1.82) is 0 Å². The number of benzene rings is 3. The van der Waals surface area contributed by atoms with Crippen LogP contribution in [0.1, 0.15) is 29.9 Å². The first-order valence-electron chi connectivity index (χ1n) is 10.4. The predicted octanol–water partition coefficient (Wildman–Crippen LogP) is 5.47. The first-order valence-corrected chi connectivity index (χ1v) is 10.4. The molecule has 0 amide bonds. The van der Waals surface area contributed by atoms with Gasteiger partial charge in [-0.2, -0.15) is 0 Å². The Kier molecular flexibility index (Phi) is 6.37. The molecular weight excluding hydrogens is 412 g/mol. The second kappa shape index (κ2) is 9.36. The third-order valence-corrected chi connectivity index (χ3v) is 5.16. The van der Waals surface area contributed by atoms with Gasteiger partial charge in [0, 0.05) is 11.6 Å². The molecule has 0 aliphatic carbocycles. The highest BCUT2D eigenvalue weighted by atomic mass is 19.1. The molecule has 0 fully saturated rings. The standard InChI is InChI=1S/C25H25F2N3O2/c1-4-31-20-10-12-22-23(14-20)29-25(28-22)24(30(2)3)16-5-8-19(9-6-16)32-15-17-13-18(26)7-11-21(17)27/h5-14,24H,4,15H2,1-3H3,(H,28,29). The lowest BCUT2D eigenvalue weighted by Gasteiger charge is -2.23. The fourth-order valence-corrected chi connectivity index (χ4v) is 3.66. The van der Waals surface area contributed by atoms with Crippen molar-refractivity contribution in [1.82, 2.24) is 14.9 Å². The number of nitrogens with one attached hydrogen (secondary N) is 1. The second-order valence-electron chi connectivity index (χ2n) is 7.69. The highest BCUT2D eigenvalue weighted by molar-refractivity contribution is 5.77. The monoisotopic (exact) mass is 437 g/mol. The number of rotatable bonds is 8. The number of fused-ring (bicyclic) bond motifs is 1. The number of aromatic amines is 1. The molecule has 1 heterocycles. The lowest BCUT2D eigenvalue weighted by Crippen LogP contribution is -2.22. The molecule has 3 aromatic carbocycles. The molecule has 0 aliphatic rings. The molecule has 1 atom stereocenters. The van der Waals surface area contributed by atoms with E-state index in [9.17, 15) is 8.78 Å². The van der Waals surface area contributed by atoms with Gasteiger partial charge < -0.3 is 14.5 Å². The van der Waals surface area contributed by atoms with Gasteiger partial charge >= 0.3 is 0 Å². The van der Waals surface area contributed by atoms with E-state index >= 15 is 0 Å². The first-order chi connectivity index (χ1) is 15.4. The zero-order valence-electron chi connectivity index (χ0n) is 18.2. The van der Waals surface area contributed by atoms with Crippen LogP contribution in [0.2, 0.25) is 0 Å². The van der Waals surface area contributed by atoms with E-state index in [4.69, 9.17) is 14.5 Å². The number of imidazole rings is 1. The van der Waals surface area contributed by atoms with E-state index < -0.39 is 11.6 Å². The third kappa shape index (κ3) is 4.73. The minimum absolute atomic E-state index is 0.0498. The molecule has 1 aromatic heterocycles. The van der Waals surface area contributed by atoms with Crippen molar-refractivity contribution in [2.24, 2.45) is 0 Å². The minimum atomic E-state index is -0.493. The van der Waals surface area contributed by atoms with Crippen molar-refractivity contribution < 1.29 is 18.3 Å². The van der Waals surface area contributed by atoms with Gasteiger partial charge in [0.05, 0.1) is 23.7 Å². The van der Waals surface area contributed by atoms with Crippen molar-refractivity contribution in [3.8, 4) is 11.5 Å². The fourth-order valence-electron chi connectivity index (χ4n) is 3.66. The van der Waals surface area contributed by atoms with Crippen LogP contribution in [0.15, 0.2) is 60.7 Å². The summed E-state index contributed by atoms with van der Waals surface area (Å²) in [5, 5.41) is 0. The Hall–Kier alpha value is -3.45. The highest BCUT2D eigenvalue weighted by Crippen LogP contribution is 2.29. The molecule has 0 radical (unpaired) electrons. The molecule has 1 N–H and O–H groups in total. The summed E-state index contributed by atoms with van der Waals surface area (Å²) in [6.45, 7) is 2.51. The van der Waals surface area contributed by atoms with Gasteiger partial charge in [0.15, 0.2) is 0 Å². The van der Waals surface area contributed by atoms with Gasteiger partial charge in [-0.3, -0.25) is 4.90 Å². The topological polar surface area (TPSA) is 50.4 Å². The van der Waals surface area contributed by atoms with Gasteiger partial charge in [-0.25, -0.2) is 13.8 Å². The van der Waals surface area contributed by atoms with Gasteiger partial charge in [0.2, 0.25) is 0 Å². The summed E-state index contributed by atoms with van der Waals surface area (Å²) in [6, 6.07) is 16.6. The normalized spacial score (nSPS) is 12.3. The number of H-pyrrole nitrogens is 1. The molecule has 4 rings (SSSR count). The van der Waals surface area contributed by atoms with Crippen LogP contribution in [0, 0.1) is 11.6 Å². The Balaban J connectivity index is 1.54. The van der Waals surface area contributed by atoms with Crippen molar-refractivity contribution >= 4 is 11.0 Å². The summed E-state index contributed by atoms with van der Waals surface area (Å²) in [5.41, 5.74) is 2.97. The van der Waals surface area contributed by atoms with E-state index in [1.54, 1.807) is 0 Å². The molecule has 0 saturated heterocycles. The van der Waals surface area contributed by atoms with Gasteiger partial charge in [-0.05, 0) is 69.0 Å². The van der Waals surface area contributed by atoms with Gasteiger partial charge in [-0.15, -0.1) is 0 Å². The van der Waals surface area contributed by atoms with Crippen LogP contribution in [-0.2, 0) is 6.61 Å². The number of hydrogen-bond acceptors (Lipinski definition) is 4. The van der Waals surface area contributed by atoms with E-state index in [0.717, 1.165) is 46.4 Å². The lowest BCUT2D eigenvalue weighted by atomic mass is 10.1. The SMILES string of the molecule is CCOc1ccc2nc(C(c3ccc(OCc4cc(F)ccc4F)cc3)N(C)C)[nH]c2c1. The van der Waals surface area contributed by atoms with Crippen molar-refractivity contribution in [3.05, 3.63) is 89.2 Å². The van der Waals surface area contributed by atoms with Crippen LogP contribution in [0.5, 0.6) is 11.5 Å². The molecule has 0 aliphatic heterocycles. The Morgan fingerprint density at radius 1 is 0.938 bits per heavy atom. The number of hydrogen-bond donors (Lipinski definition) is 1. The Labute approximate surface area is 185 Å². The molecule has 1 unspecified atom stereocenters. The highest BCUT2D eigenvalue weighted by Gasteiger charge is 2.21. The molecule has 5 nitrogen and oxygen atoms in total. The minimum Gasteiger partial charge on any atom is -0.494 e. The number of ether oxygens (including phenoxy) is 2. The summed E-state index contributed by atoms with van der Waals surface area (Å²) in [6.07, 6.45) is 0. The largest absolute Gasteiger partial charge is 0.494 e. The van der Waals surface area contributed by atoms with Gasteiger partial charge in [-0.1, -0.05) is 12.1 Å². The van der Waals surface area contributed by atoms with Crippen molar-refractivity contribution in [2.45, 2.75) is 19.6 Å². The smallest absolute Gasteiger partial charge is 0.130 e. The molecule has 7 heteroatoms. The van der Waals surface area contributed by atoms with Crippen LogP contribution in [0.3, 0.4) is 0 Å². The van der Waals surface area contributed by atoms with Crippen LogP contribution < -0.4 is 9.47 Å². The Morgan fingerprint density at radius 3 is 2.41 bits per heavy atom. The Bertz CT molecular complexity index is 1210. The average molecular weight is 437 g/mol. The van der Waals surface area contributed by atoms with E-state index in [0.29, 0.717) is 12.4 Å². The second-order valence-corrected chi connectivity index (χ2v) is 7.69. The quantitative estimate of drug-likeness (QED) is 0.397. The average Bonchev–Trinajstić information content (AvgIpc) is 3.18. The summed E-state index contributed by atoms with van der Waals surface area (Å²) < 4.78 is 38.4. The van der Waals surface area contributed by atoms with Crippen LogP contribution >= 0.6 is 0 Å². The summed E-state index contributed by atoms with van der Waals surface area (Å²) in [7, 11) is 3.97. The van der Waals surface area contributed by atoms with E-state index in [-0.39, 0.29) is 18.2 Å². The number of halogens is 2. The van der Waals surface area contributed by atoms with Crippen molar-refractivity contribution in [2.75, 3.05) is 20.7 Å². The van der Waals surface area contributed by atoms with Gasteiger partial charge in [0.25, 0.3) is 0 Å². The Morgan fingerprint density at radius 2 is 1.69 bits per heavy atom. The number of aromatic nitrogens is 2. The molecule has 0 saturated carbocycles. The van der Waals surface area contributed by atoms with Gasteiger partial charge in [0.1, 0.15) is 35.6 Å². The molecule has 32 heavy (non-hydrogen) atoms. The fraction of sp³-hybridized carbons (Fsp3) is 0.240. The summed E-state index contributed by atoms with van der Waals surface area (Å²) >= 11 is 0. The van der Waals surface area contributed by atoms with Crippen molar-refractivity contribution in [3.63, 3.8) is 0 Å². The van der Waals surface area contributed by atoms with E-state index in [1.165, 1.54) is 0 Å². The summed E-state index contributed by atoms with van der Waals surface area (Å²) in [4.78, 5) is 10.2. The molecule has 166 valence electrons. The number of nitrogens with zero attached hydrogens (tertiary/aromatic N) is 2. The molecular formula is C25H25F2N3O2. The lowest BCUT2D eigenvalue weighted by molar-refractivity contribution is 0.298. The molecule has 0 bridgehead atoms. The maximum atomic E-state index is 13.8. The van der Waals surface area contributed by atoms with Crippen LogP contribution in [0.25, 0.3) is 11.0 Å². The van der Waals surface area contributed by atoms with E-state index in [2.05, 4.69) is 9.88 Å². The zero-order valence-corrected chi connectivity index (χ0v) is 18.2. The maximum Gasteiger partial charge on any atom is 0.130 e. The van der Waals surface area contributed by atoms with Crippen LogP contribution in [-0.4, -0.2) is 35.6 Å². The zero-order chi connectivity index (χ0) is 22.7. The third-order valence-electron chi connectivity index (χ3n) is 5.16. The first kappa shape index (κ1) is 21.8. The molecule has 4 aromatic rings. The predicted molar refractivity (Wildman–Crippen MR) is 120 cm³/mol.